The minimum absolute atomic E-state index is 1.14. The lowest BCUT2D eigenvalue weighted by atomic mass is 9.92. The summed E-state index contributed by atoms with van der Waals surface area (Å²) in [6.45, 7) is 0. The van der Waals surface area contributed by atoms with Crippen LogP contribution in [0.15, 0.2) is 224 Å². The molecule has 14 aromatic rings. The maximum Gasteiger partial charge on any atom is 0.0555 e. The Bertz CT molecular complexity index is 4140. The molecule has 0 amide bonds. The van der Waals surface area contributed by atoms with Gasteiger partial charge in [-0.15, -0.1) is 11.3 Å². The van der Waals surface area contributed by atoms with E-state index in [0.717, 1.165) is 11.4 Å². The van der Waals surface area contributed by atoms with Gasteiger partial charge in [0, 0.05) is 63.9 Å². The van der Waals surface area contributed by atoms with E-state index in [0.29, 0.717) is 0 Å². The second-order valence-corrected chi connectivity index (χ2v) is 17.9. The molecule has 4 aromatic heterocycles. The first-order chi connectivity index (χ1) is 31.8. The minimum atomic E-state index is 1.14. The molecule has 0 N–H and O–H groups in total. The Labute approximate surface area is 372 Å². The van der Waals surface area contributed by atoms with Gasteiger partial charge in [0.25, 0.3) is 0 Å². The van der Waals surface area contributed by atoms with Gasteiger partial charge in [-0.1, -0.05) is 146 Å². The molecule has 0 radical (unpaired) electrons. The van der Waals surface area contributed by atoms with Crippen LogP contribution in [0.3, 0.4) is 0 Å². The number of hydrogen-bond donors (Lipinski definition) is 0. The normalized spacial score (nSPS) is 12.1. The highest BCUT2D eigenvalue weighted by atomic mass is 32.1. The van der Waals surface area contributed by atoms with Crippen molar-refractivity contribution in [2.24, 2.45) is 0 Å². The van der Waals surface area contributed by atoms with Crippen molar-refractivity contribution in [2.75, 3.05) is 0 Å². The summed E-state index contributed by atoms with van der Waals surface area (Å²) in [4.78, 5) is 0. The Balaban J connectivity index is 0.987. The quantitative estimate of drug-likeness (QED) is 0.164. The Kier molecular flexibility index (Phi) is 7.56. The Hall–Kier alpha value is -8.18. The molecule has 4 heterocycles. The predicted molar refractivity (Wildman–Crippen MR) is 273 cm³/mol. The molecule has 0 saturated heterocycles. The summed E-state index contributed by atoms with van der Waals surface area (Å²) < 4.78 is 9.95. The van der Waals surface area contributed by atoms with Gasteiger partial charge in [-0.05, 0) is 101 Å². The van der Waals surface area contributed by atoms with E-state index in [2.05, 4.69) is 238 Å². The summed E-state index contributed by atoms with van der Waals surface area (Å²) in [5.74, 6) is 0. The van der Waals surface area contributed by atoms with Crippen LogP contribution >= 0.6 is 11.3 Å². The van der Waals surface area contributed by atoms with E-state index in [1.54, 1.807) is 0 Å². The minimum Gasteiger partial charge on any atom is -0.309 e. The van der Waals surface area contributed by atoms with Crippen LogP contribution in [0.25, 0.3) is 125 Å². The number of rotatable bonds is 5. The molecule has 0 bridgehead atoms. The number of aromatic nitrogens is 3. The second-order valence-electron chi connectivity index (χ2n) is 16.8. The first-order valence-corrected chi connectivity index (χ1v) is 22.7. The number of hydrogen-bond acceptors (Lipinski definition) is 1. The number of benzene rings is 10. The molecule has 0 atom stereocenters. The van der Waals surface area contributed by atoms with Crippen LogP contribution in [0.4, 0.5) is 0 Å². The van der Waals surface area contributed by atoms with Gasteiger partial charge in [-0.2, -0.15) is 0 Å². The third kappa shape index (κ3) is 5.03. The third-order valence-corrected chi connectivity index (χ3v) is 14.6. The highest BCUT2D eigenvalue weighted by Crippen LogP contribution is 2.47. The number of nitrogens with zero attached hydrogens (tertiary/aromatic N) is 3. The van der Waals surface area contributed by atoms with Crippen LogP contribution in [0.2, 0.25) is 0 Å². The Morgan fingerprint density at radius 2 is 0.688 bits per heavy atom. The molecule has 0 fully saturated rings. The predicted octanol–water partition coefficient (Wildman–Crippen LogP) is 16.7. The summed E-state index contributed by atoms with van der Waals surface area (Å²) in [5.41, 5.74) is 15.7. The summed E-state index contributed by atoms with van der Waals surface area (Å²) in [6.07, 6.45) is 0. The van der Waals surface area contributed by atoms with E-state index in [1.165, 1.54) is 114 Å². The zero-order chi connectivity index (χ0) is 41.9. The molecule has 0 aliphatic rings. The maximum atomic E-state index is 2.51. The summed E-state index contributed by atoms with van der Waals surface area (Å²) in [5, 5.41) is 10.1. The second kappa shape index (κ2) is 13.7. The zero-order valence-electron chi connectivity index (χ0n) is 34.6. The van der Waals surface area contributed by atoms with Crippen molar-refractivity contribution in [3.8, 4) is 39.3 Å². The fourth-order valence-corrected chi connectivity index (χ4v) is 11.9. The first kappa shape index (κ1) is 35.4. The molecule has 14 rings (SSSR count). The molecule has 0 unspecified atom stereocenters. The lowest BCUT2D eigenvalue weighted by Gasteiger charge is -2.14. The van der Waals surface area contributed by atoms with Gasteiger partial charge in [0.1, 0.15) is 0 Å². The van der Waals surface area contributed by atoms with Crippen LogP contribution in [0.5, 0.6) is 0 Å². The molecule has 0 aliphatic heterocycles. The van der Waals surface area contributed by atoms with Gasteiger partial charge in [0.15, 0.2) is 0 Å². The zero-order valence-corrected chi connectivity index (χ0v) is 35.4. The number of para-hydroxylation sites is 4. The van der Waals surface area contributed by atoms with E-state index in [4.69, 9.17) is 0 Å². The standard InChI is InChI=1S/C60H37N3S/c1-2-16-38(17-3-1)41-18-4-5-19-42(41)47-24-14-30-57-59(47)60-56(29-15-31-58(60)64-57)63-53-28-13-9-23-46(53)49-37-40(33-35-55(49)63)62-52-27-12-8-22-45(52)48-36-39(32-34-54(48)62)61-50-25-10-6-20-43(50)44-21-7-11-26-51(44)61/h1-37H. The highest BCUT2D eigenvalue weighted by Gasteiger charge is 2.22. The Morgan fingerprint density at radius 1 is 0.266 bits per heavy atom. The van der Waals surface area contributed by atoms with E-state index in [9.17, 15) is 0 Å². The average Bonchev–Trinajstić information content (AvgIpc) is 4.10. The van der Waals surface area contributed by atoms with E-state index in [1.807, 2.05) is 11.3 Å². The van der Waals surface area contributed by atoms with Gasteiger partial charge in [-0.3, -0.25) is 0 Å². The average molecular weight is 832 g/mol. The molecule has 64 heavy (non-hydrogen) atoms. The summed E-state index contributed by atoms with van der Waals surface area (Å²) >= 11 is 1.88. The van der Waals surface area contributed by atoms with Crippen molar-refractivity contribution < 1.29 is 0 Å². The van der Waals surface area contributed by atoms with Gasteiger partial charge in [0.05, 0.1) is 38.8 Å². The molecular weight excluding hydrogens is 795 g/mol. The van der Waals surface area contributed by atoms with E-state index in [-0.39, 0.29) is 0 Å². The Morgan fingerprint density at radius 3 is 1.28 bits per heavy atom. The molecule has 0 aliphatic carbocycles. The van der Waals surface area contributed by atoms with Crippen molar-refractivity contribution in [2.45, 2.75) is 0 Å². The molecule has 0 spiro atoms. The fraction of sp³-hybridized carbons (Fsp3) is 0. The van der Waals surface area contributed by atoms with Crippen molar-refractivity contribution in [3.05, 3.63) is 224 Å². The maximum absolute atomic E-state index is 2.51. The molecule has 298 valence electrons. The van der Waals surface area contributed by atoms with Gasteiger partial charge in [-0.25, -0.2) is 0 Å². The molecule has 0 saturated carbocycles. The van der Waals surface area contributed by atoms with E-state index >= 15 is 0 Å². The topological polar surface area (TPSA) is 14.8 Å². The molecule has 10 aromatic carbocycles. The smallest absolute Gasteiger partial charge is 0.0555 e. The van der Waals surface area contributed by atoms with Crippen molar-refractivity contribution in [3.63, 3.8) is 0 Å². The van der Waals surface area contributed by atoms with Crippen LogP contribution in [-0.4, -0.2) is 13.7 Å². The first-order valence-electron chi connectivity index (χ1n) is 21.9. The molecular formula is C60H37N3S. The fourth-order valence-electron chi connectivity index (χ4n) is 10.8. The SMILES string of the molecule is c1ccc(-c2ccccc2-c2cccc3sc4cccc(-n5c6ccccc6c6cc(-n7c8ccccc8c8cc(-n9c%10ccccc%10c%10ccccc%109)ccc87)ccc65)c4c23)cc1. The van der Waals surface area contributed by atoms with Crippen molar-refractivity contribution in [1.82, 2.24) is 13.7 Å². The van der Waals surface area contributed by atoms with E-state index < -0.39 is 0 Å². The van der Waals surface area contributed by atoms with Gasteiger partial charge < -0.3 is 13.7 Å². The van der Waals surface area contributed by atoms with Crippen LogP contribution in [0, 0.1) is 0 Å². The highest BCUT2D eigenvalue weighted by molar-refractivity contribution is 7.26. The number of fused-ring (bicyclic) bond motifs is 12. The van der Waals surface area contributed by atoms with Crippen LogP contribution < -0.4 is 0 Å². The van der Waals surface area contributed by atoms with Gasteiger partial charge >= 0.3 is 0 Å². The number of thiophene rings is 1. The van der Waals surface area contributed by atoms with Crippen LogP contribution in [-0.2, 0) is 0 Å². The van der Waals surface area contributed by atoms with Crippen molar-refractivity contribution >= 4 is 96.9 Å². The lowest BCUT2D eigenvalue weighted by Crippen LogP contribution is -1.97. The largest absolute Gasteiger partial charge is 0.309 e. The van der Waals surface area contributed by atoms with Crippen molar-refractivity contribution in [1.29, 1.82) is 0 Å². The summed E-state index contributed by atoms with van der Waals surface area (Å²) in [6, 6.07) is 82.6. The third-order valence-electron chi connectivity index (χ3n) is 13.5. The monoisotopic (exact) mass is 831 g/mol. The molecule has 3 nitrogen and oxygen atoms in total. The lowest BCUT2D eigenvalue weighted by molar-refractivity contribution is 1.16. The summed E-state index contributed by atoms with van der Waals surface area (Å²) in [7, 11) is 0. The molecule has 4 heteroatoms. The van der Waals surface area contributed by atoms with Gasteiger partial charge in [0.2, 0.25) is 0 Å². The van der Waals surface area contributed by atoms with Crippen LogP contribution in [0.1, 0.15) is 0 Å².